The molecule has 1 aliphatic carbocycles. The second-order valence-corrected chi connectivity index (χ2v) is 7.25. The lowest BCUT2D eigenvalue weighted by Crippen LogP contribution is -2.39. The smallest absolute Gasteiger partial charge is 0.255 e. The first-order chi connectivity index (χ1) is 12.7. The summed E-state index contributed by atoms with van der Waals surface area (Å²) in [5.41, 5.74) is 2.58. The predicted molar refractivity (Wildman–Crippen MR) is 97.4 cm³/mol. The number of rotatable bonds is 5. The van der Waals surface area contributed by atoms with Crippen LogP contribution < -0.4 is 10.6 Å². The van der Waals surface area contributed by atoms with Crippen LogP contribution in [0.2, 0.25) is 0 Å². The summed E-state index contributed by atoms with van der Waals surface area (Å²) in [6.07, 6.45) is 6.58. The molecule has 0 spiro atoms. The van der Waals surface area contributed by atoms with E-state index in [-0.39, 0.29) is 23.8 Å². The molecule has 1 atom stereocenters. The molecule has 136 valence electrons. The zero-order valence-corrected chi connectivity index (χ0v) is 14.8. The van der Waals surface area contributed by atoms with Gasteiger partial charge < -0.3 is 10.6 Å². The van der Waals surface area contributed by atoms with Crippen molar-refractivity contribution in [1.82, 2.24) is 20.4 Å². The van der Waals surface area contributed by atoms with Gasteiger partial charge in [0.15, 0.2) is 0 Å². The fourth-order valence-corrected chi connectivity index (χ4v) is 3.96. The van der Waals surface area contributed by atoms with Crippen LogP contribution in [0, 0.1) is 5.92 Å². The normalized spacial score (nSPS) is 19.3. The van der Waals surface area contributed by atoms with Crippen molar-refractivity contribution >= 4 is 11.8 Å². The Kier molecular flexibility index (Phi) is 4.73. The third kappa shape index (κ3) is 3.49. The summed E-state index contributed by atoms with van der Waals surface area (Å²) >= 11 is 0. The molecule has 0 unspecified atom stereocenters. The van der Waals surface area contributed by atoms with Gasteiger partial charge in [-0.05, 0) is 18.4 Å². The Bertz CT molecular complexity index is 793. The molecular weight excluding hydrogens is 328 g/mol. The van der Waals surface area contributed by atoms with Gasteiger partial charge in [0.2, 0.25) is 5.91 Å². The van der Waals surface area contributed by atoms with Gasteiger partial charge in [0.05, 0.1) is 30.0 Å². The lowest BCUT2D eigenvalue weighted by Gasteiger charge is -2.15. The van der Waals surface area contributed by atoms with Gasteiger partial charge >= 0.3 is 0 Å². The Labute approximate surface area is 153 Å². The Morgan fingerprint density at radius 1 is 1.15 bits per heavy atom. The van der Waals surface area contributed by atoms with Crippen LogP contribution in [0.3, 0.4) is 0 Å². The first-order valence-electron chi connectivity index (χ1n) is 9.38. The average Bonchev–Trinajstić information content (AvgIpc) is 3.37. The van der Waals surface area contributed by atoms with E-state index >= 15 is 0 Å². The summed E-state index contributed by atoms with van der Waals surface area (Å²) in [5.74, 6) is 0.211. The van der Waals surface area contributed by atoms with Gasteiger partial charge in [-0.3, -0.25) is 14.3 Å². The second kappa shape index (κ2) is 7.32. The first-order valence-corrected chi connectivity index (χ1v) is 9.38. The highest BCUT2D eigenvalue weighted by Gasteiger charge is 2.31. The van der Waals surface area contributed by atoms with Crippen molar-refractivity contribution in [1.29, 1.82) is 0 Å². The Morgan fingerprint density at radius 3 is 2.69 bits per heavy atom. The third-order valence-corrected chi connectivity index (χ3v) is 5.39. The summed E-state index contributed by atoms with van der Waals surface area (Å²) in [7, 11) is 0. The van der Waals surface area contributed by atoms with Crippen LogP contribution in [-0.4, -0.2) is 27.6 Å². The number of nitrogens with one attached hydrogen (secondary N) is 2. The Balaban J connectivity index is 1.35. The third-order valence-electron chi connectivity index (χ3n) is 5.39. The van der Waals surface area contributed by atoms with E-state index in [1.54, 1.807) is 6.20 Å². The molecule has 2 N–H and O–H groups in total. The number of nitrogens with zero attached hydrogens (tertiary/aromatic N) is 2. The number of hydrogen-bond donors (Lipinski definition) is 2. The quantitative estimate of drug-likeness (QED) is 0.865. The van der Waals surface area contributed by atoms with Gasteiger partial charge in [-0.15, -0.1) is 0 Å². The van der Waals surface area contributed by atoms with Crippen LogP contribution in [0.25, 0.3) is 0 Å². The van der Waals surface area contributed by atoms with Crippen molar-refractivity contribution in [2.75, 3.05) is 0 Å². The van der Waals surface area contributed by atoms with Gasteiger partial charge in [-0.2, -0.15) is 5.10 Å². The molecule has 0 bridgehead atoms. The fraction of sp³-hybridized carbons (Fsp3) is 0.450. The van der Waals surface area contributed by atoms with Gasteiger partial charge in [-0.25, -0.2) is 0 Å². The minimum atomic E-state index is -0.113. The number of aromatic nitrogens is 2. The number of carbonyl (C=O) groups excluding carboxylic acids is 2. The number of carbonyl (C=O) groups is 2. The standard InChI is InChI=1S/C20H24N4O2/c25-19(15-8-4-5-9-15)23-16-10-18-17(12-22-24(18)13-16)20(26)21-11-14-6-2-1-3-7-14/h1-3,6-7,12,15-16H,4-5,8-11,13H2,(H,21,26)(H,23,25)/t16-/m0/s1. The van der Waals surface area contributed by atoms with E-state index < -0.39 is 0 Å². The van der Waals surface area contributed by atoms with Crippen LogP contribution in [0.4, 0.5) is 0 Å². The Hall–Kier alpha value is -2.63. The lowest BCUT2D eigenvalue weighted by molar-refractivity contribution is -0.125. The van der Waals surface area contributed by atoms with Crippen molar-refractivity contribution in [3.8, 4) is 0 Å². The van der Waals surface area contributed by atoms with Crippen LogP contribution >= 0.6 is 0 Å². The number of benzene rings is 1. The van der Waals surface area contributed by atoms with Crippen molar-refractivity contribution in [2.45, 2.75) is 51.2 Å². The molecule has 0 radical (unpaired) electrons. The van der Waals surface area contributed by atoms with Crippen LogP contribution in [-0.2, 0) is 24.3 Å². The molecule has 1 aromatic heterocycles. The highest BCUT2D eigenvalue weighted by Crippen LogP contribution is 2.26. The molecule has 2 amide bonds. The minimum absolute atomic E-state index is 0.0347. The van der Waals surface area contributed by atoms with E-state index in [1.807, 2.05) is 35.0 Å². The van der Waals surface area contributed by atoms with E-state index in [0.29, 0.717) is 25.1 Å². The number of fused-ring (bicyclic) bond motifs is 1. The first kappa shape index (κ1) is 16.8. The largest absolute Gasteiger partial charge is 0.351 e. The highest BCUT2D eigenvalue weighted by molar-refractivity contribution is 5.95. The summed E-state index contributed by atoms with van der Waals surface area (Å²) in [6, 6.07) is 9.87. The molecule has 2 aliphatic rings. The van der Waals surface area contributed by atoms with E-state index in [0.717, 1.165) is 36.9 Å². The highest BCUT2D eigenvalue weighted by atomic mass is 16.2. The topological polar surface area (TPSA) is 76.0 Å². The molecule has 1 saturated carbocycles. The van der Waals surface area contributed by atoms with Gasteiger partial charge in [0, 0.05) is 18.9 Å². The number of amides is 2. The van der Waals surface area contributed by atoms with E-state index in [1.165, 1.54) is 0 Å². The monoisotopic (exact) mass is 352 g/mol. The molecule has 6 heteroatoms. The molecule has 2 heterocycles. The fourth-order valence-electron chi connectivity index (χ4n) is 3.96. The van der Waals surface area contributed by atoms with Crippen molar-refractivity contribution < 1.29 is 9.59 Å². The minimum Gasteiger partial charge on any atom is -0.351 e. The van der Waals surface area contributed by atoms with Gasteiger partial charge in [0.25, 0.3) is 5.91 Å². The van der Waals surface area contributed by atoms with Crippen molar-refractivity contribution in [3.63, 3.8) is 0 Å². The zero-order chi connectivity index (χ0) is 17.9. The summed E-state index contributed by atoms with van der Waals surface area (Å²) in [4.78, 5) is 24.9. The molecular formula is C20H24N4O2. The average molecular weight is 352 g/mol. The molecule has 2 aromatic rings. The molecule has 1 aliphatic heterocycles. The van der Waals surface area contributed by atoms with Crippen LogP contribution in [0.15, 0.2) is 36.5 Å². The molecule has 0 saturated heterocycles. The maximum atomic E-state index is 12.5. The number of hydrogen-bond acceptors (Lipinski definition) is 3. The Morgan fingerprint density at radius 2 is 1.92 bits per heavy atom. The van der Waals surface area contributed by atoms with Crippen LogP contribution in [0.5, 0.6) is 0 Å². The molecule has 1 fully saturated rings. The van der Waals surface area contributed by atoms with Crippen molar-refractivity contribution in [3.05, 3.63) is 53.3 Å². The van der Waals surface area contributed by atoms with Gasteiger partial charge in [-0.1, -0.05) is 43.2 Å². The molecule has 6 nitrogen and oxygen atoms in total. The van der Waals surface area contributed by atoms with E-state index in [4.69, 9.17) is 0 Å². The molecule has 26 heavy (non-hydrogen) atoms. The van der Waals surface area contributed by atoms with Gasteiger partial charge in [0.1, 0.15) is 0 Å². The predicted octanol–water partition coefficient (Wildman–Crippen LogP) is 2.04. The maximum absolute atomic E-state index is 12.5. The molecule has 4 rings (SSSR count). The molecule has 1 aromatic carbocycles. The second-order valence-electron chi connectivity index (χ2n) is 7.25. The van der Waals surface area contributed by atoms with E-state index in [2.05, 4.69) is 15.7 Å². The SMILES string of the molecule is O=C(NCc1ccccc1)c1cnn2c1C[C@H](NC(=O)C1CCCC1)C2. The van der Waals surface area contributed by atoms with E-state index in [9.17, 15) is 9.59 Å². The zero-order valence-electron chi connectivity index (χ0n) is 14.8. The summed E-state index contributed by atoms with van der Waals surface area (Å²) < 4.78 is 1.84. The summed E-state index contributed by atoms with van der Waals surface area (Å²) in [6.45, 7) is 1.13. The van der Waals surface area contributed by atoms with Crippen LogP contribution in [0.1, 0.15) is 47.3 Å². The van der Waals surface area contributed by atoms with Crippen molar-refractivity contribution in [2.24, 2.45) is 5.92 Å². The maximum Gasteiger partial charge on any atom is 0.255 e. The summed E-state index contributed by atoms with van der Waals surface area (Å²) in [5, 5.41) is 10.4. The lowest BCUT2D eigenvalue weighted by atomic mass is 10.1.